The van der Waals surface area contributed by atoms with Gasteiger partial charge < -0.3 is 0 Å². The molecule has 0 aliphatic heterocycles. The van der Waals surface area contributed by atoms with Gasteiger partial charge >= 0.3 is 26.2 Å². The molecule has 0 bridgehead atoms. The summed E-state index contributed by atoms with van der Waals surface area (Å²) in [5.74, 6) is 0. The Hall–Kier alpha value is 1.11. The number of hydrogen-bond acceptors (Lipinski definition) is 1. The fraction of sp³-hybridized carbons (Fsp3) is 1.00. The van der Waals surface area contributed by atoms with Crippen LogP contribution in [0.1, 0.15) is 0 Å². The molecule has 0 rings (SSSR count). The third-order valence-electron chi connectivity index (χ3n) is 0. The second kappa shape index (κ2) is 8.93. The van der Waals surface area contributed by atoms with Crippen LogP contribution in [0.2, 0.25) is 5.52 Å². The summed E-state index contributed by atoms with van der Waals surface area (Å²) in [6.07, 6.45) is 0. The van der Waals surface area contributed by atoms with Crippen LogP contribution in [0.5, 0.6) is 0 Å². The molecular weight excluding hydrogens is 324 g/mol. The number of rotatable bonds is 0. The SMILES string of the molecule is [CH3][Ru]=[O].[Pt]. The van der Waals surface area contributed by atoms with Gasteiger partial charge in [-0.2, -0.15) is 0 Å². The first-order valence-electron chi connectivity index (χ1n) is 0.498. The Morgan fingerprint density at radius 3 is 1.75 bits per heavy atom. The fourth-order valence-corrected chi connectivity index (χ4v) is 0. The van der Waals surface area contributed by atoms with Crippen LogP contribution in [0.3, 0.4) is 0 Å². The smallest absolute Gasteiger partial charge is 0 e. The maximum absolute atomic E-state index is 9.02. The molecule has 0 aromatic heterocycles. The van der Waals surface area contributed by atoms with E-state index in [-0.39, 0.29) is 21.1 Å². The van der Waals surface area contributed by atoms with Gasteiger partial charge in [0.1, 0.15) is 0 Å². The van der Waals surface area contributed by atoms with E-state index in [1.807, 2.05) is 0 Å². The first-order valence-corrected chi connectivity index (χ1v) is 2.95. The molecule has 0 saturated heterocycles. The minimum atomic E-state index is -0.540. The van der Waals surface area contributed by atoms with Crippen molar-refractivity contribution in [3.05, 3.63) is 0 Å². The van der Waals surface area contributed by atoms with Crippen LogP contribution in [0, 0.1) is 0 Å². The van der Waals surface area contributed by atoms with Crippen molar-refractivity contribution in [1.82, 2.24) is 0 Å². The van der Waals surface area contributed by atoms with E-state index in [0.29, 0.717) is 0 Å². The fourth-order valence-electron chi connectivity index (χ4n) is 0. The molecule has 0 atom stereocenters. The molecule has 0 fully saturated rings. The molecule has 0 aliphatic rings. The summed E-state index contributed by atoms with van der Waals surface area (Å²) in [7, 11) is 0. The summed E-state index contributed by atoms with van der Waals surface area (Å²) in [4.78, 5) is 0. The molecular formula is CH3OPtRu. The minimum absolute atomic E-state index is 0. The van der Waals surface area contributed by atoms with Gasteiger partial charge in [-0.3, -0.25) is 0 Å². The molecule has 0 unspecified atom stereocenters. The third-order valence-corrected chi connectivity index (χ3v) is 0. The molecule has 0 N–H and O–H groups in total. The zero-order valence-electron chi connectivity index (χ0n) is 2.08. The van der Waals surface area contributed by atoms with Gasteiger partial charge in [-0.25, -0.2) is 0 Å². The molecule has 0 amide bonds. The molecule has 31 valence electrons. The summed E-state index contributed by atoms with van der Waals surface area (Å²) in [6, 6.07) is 0. The zero-order chi connectivity index (χ0) is 2.71. The average Bonchev–Trinajstić information content (AvgIpc) is 0.918. The van der Waals surface area contributed by atoms with Crippen LogP contribution in [0.25, 0.3) is 0 Å². The Balaban J connectivity index is 0. The summed E-state index contributed by atoms with van der Waals surface area (Å²) < 4.78 is 9.02. The largest absolute Gasteiger partial charge is 0 e. The first kappa shape index (κ1) is 8.93. The van der Waals surface area contributed by atoms with E-state index in [1.54, 1.807) is 5.52 Å². The molecule has 4 heavy (non-hydrogen) atoms. The molecule has 0 heterocycles. The predicted molar refractivity (Wildman–Crippen MR) is 6.55 cm³/mol. The van der Waals surface area contributed by atoms with Gasteiger partial charge in [-0.05, 0) is 0 Å². The second-order valence-corrected chi connectivity index (χ2v) is 0.854. The summed E-state index contributed by atoms with van der Waals surface area (Å²) >= 11 is -0.540. The van der Waals surface area contributed by atoms with Crippen LogP contribution in [0.15, 0.2) is 0 Å². The molecule has 0 aromatic carbocycles. The van der Waals surface area contributed by atoms with Gasteiger partial charge in [0, 0.05) is 21.1 Å². The Morgan fingerprint density at radius 2 is 1.75 bits per heavy atom. The van der Waals surface area contributed by atoms with Gasteiger partial charge in [0.15, 0.2) is 0 Å². The minimum Gasteiger partial charge on any atom is 0 e. The Kier molecular flexibility index (Phi) is 19.9. The zero-order valence-corrected chi connectivity index (χ0v) is 6.09. The van der Waals surface area contributed by atoms with Gasteiger partial charge in [-0.15, -0.1) is 0 Å². The van der Waals surface area contributed by atoms with Crippen molar-refractivity contribution in [2.75, 3.05) is 0 Å². The van der Waals surface area contributed by atoms with E-state index in [9.17, 15) is 0 Å². The van der Waals surface area contributed by atoms with Gasteiger partial charge in [0.25, 0.3) is 0 Å². The monoisotopic (exact) mass is 328 g/mol. The van der Waals surface area contributed by atoms with E-state index in [4.69, 9.17) is 3.57 Å². The van der Waals surface area contributed by atoms with Crippen LogP contribution in [0.4, 0.5) is 0 Å². The molecule has 0 saturated carbocycles. The van der Waals surface area contributed by atoms with Crippen LogP contribution < -0.4 is 0 Å². The van der Waals surface area contributed by atoms with Crippen molar-refractivity contribution in [2.24, 2.45) is 0 Å². The third kappa shape index (κ3) is 11.2. The Morgan fingerprint density at radius 1 is 1.75 bits per heavy atom. The van der Waals surface area contributed by atoms with E-state index in [1.165, 1.54) is 0 Å². The van der Waals surface area contributed by atoms with E-state index in [0.717, 1.165) is 0 Å². The van der Waals surface area contributed by atoms with Crippen molar-refractivity contribution in [1.29, 1.82) is 0 Å². The van der Waals surface area contributed by atoms with E-state index < -0.39 is 17.1 Å². The van der Waals surface area contributed by atoms with Crippen molar-refractivity contribution in [3.63, 3.8) is 0 Å². The predicted octanol–water partition coefficient (Wildman–Crippen LogP) is 0.460. The molecule has 0 spiro atoms. The van der Waals surface area contributed by atoms with Gasteiger partial charge in [0.2, 0.25) is 0 Å². The maximum atomic E-state index is 9.02. The van der Waals surface area contributed by atoms with Crippen molar-refractivity contribution in [3.8, 4) is 0 Å². The van der Waals surface area contributed by atoms with E-state index >= 15 is 0 Å². The summed E-state index contributed by atoms with van der Waals surface area (Å²) in [6.45, 7) is 0. The molecule has 0 aliphatic carbocycles. The van der Waals surface area contributed by atoms with Crippen molar-refractivity contribution < 1.29 is 41.7 Å². The Labute approximate surface area is 47.3 Å². The molecule has 0 radical (unpaired) electrons. The van der Waals surface area contributed by atoms with Gasteiger partial charge in [-0.1, -0.05) is 0 Å². The van der Waals surface area contributed by atoms with Crippen LogP contribution in [-0.4, -0.2) is 0 Å². The van der Waals surface area contributed by atoms with Crippen LogP contribution in [-0.2, 0) is 41.7 Å². The van der Waals surface area contributed by atoms with Crippen LogP contribution >= 0.6 is 0 Å². The first-order chi connectivity index (χ1) is 1.41. The normalized spacial score (nSPS) is 4.25. The average molecular weight is 327 g/mol. The quantitative estimate of drug-likeness (QED) is 0.591. The van der Waals surface area contributed by atoms with Gasteiger partial charge in [0.05, 0.1) is 0 Å². The van der Waals surface area contributed by atoms with E-state index in [2.05, 4.69) is 0 Å². The number of hydrogen-bond donors (Lipinski definition) is 0. The summed E-state index contributed by atoms with van der Waals surface area (Å²) in [5.41, 5.74) is 1.66. The molecule has 0 aromatic rings. The molecule has 1 nitrogen and oxygen atoms in total. The summed E-state index contributed by atoms with van der Waals surface area (Å²) in [5, 5.41) is 0. The maximum Gasteiger partial charge on any atom is 0 e. The molecule has 3 heteroatoms. The standard InChI is InChI=1S/CH3.O.Pt.Ru/h1H3;;;. The Bertz CT molecular complexity index is 15.5. The second-order valence-electron chi connectivity index (χ2n) is 0.144. The van der Waals surface area contributed by atoms with Crippen molar-refractivity contribution >= 4 is 0 Å². The van der Waals surface area contributed by atoms with Crippen molar-refractivity contribution in [2.45, 2.75) is 5.52 Å². The topological polar surface area (TPSA) is 17.1 Å².